The minimum absolute atomic E-state index is 0.0552. The molecule has 17 heteroatoms. The Bertz CT molecular complexity index is 3930. The number of nitrogens with zero attached hydrogens (tertiary/aromatic N) is 9. The van der Waals surface area contributed by atoms with Gasteiger partial charge in [0.15, 0.2) is 0 Å². The Morgan fingerprint density at radius 2 is 0.837 bits per heavy atom. The molecule has 472 valence electrons. The minimum atomic E-state index is 0.0552. The van der Waals surface area contributed by atoms with E-state index < -0.39 is 0 Å². The summed E-state index contributed by atoms with van der Waals surface area (Å²) in [6, 6.07) is 34.4. The van der Waals surface area contributed by atoms with Gasteiger partial charge in [-0.05, 0) is 206 Å². The summed E-state index contributed by atoms with van der Waals surface area (Å²) in [5.74, 6) is 2.85. The number of nitrogens with one attached hydrogen (secondary N) is 3. The van der Waals surface area contributed by atoms with Gasteiger partial charge >= 0.3 is 0 Å². The van der Waals surface area contributed by atoms with Gasteiger partial charge in [0.25, 0.3) is 0 Å². The number of likely N-dealkylation sites (tertiary alicyclic amines) is 3. The number of hydrogen-bond donors (Lipinski definition) is 3. The first kappa shape index (κ1) is 62.3. The van der Waals surface area contributed by atoms with Gasteiger partial charge in [0.1, 0.15) is 0 Å². The number of aromatic amines is 3. The Labute approximate surface area is 549 Å². The van der Waals surface area contributed by atoms with E-state index in [1.807, 2.05) is 52.7 Å². The molecule has 6 aromatic heterocycles. The van der Waals surface area contributed by atoms with Gasteiger partial charge in [-0.25, -0.2) is 15.0 Å². The van der Waals surface area contributed by atoms with Crippen molar-refractivity contribution in [3.8, 4) is 0 Å². The number of benzene rings is 3. The monoisotopic (exact) mass is 1270 g/mol. The first-order chi connectivity index (χ1) is 45.2. The molecule has 9 heterocycles. The molecule has 3 aromatic carbocycles. The molecule has 9 aromatic rings. The molecule has 92 heavy (non-hydrogen) atoms. The summed E-state index contributed by atoms with van der Waals surface area (Å²) >= 11 is 12.7. The number of rotatable bonds is 11. The predicted octanol–water partition coefficient (Wildman–Crippen LogP) is 13.1. The molecule has 3 amide bonds. The Morgan fingerprint density at radius 1 is 0.446 bits per heavy atom. The molecule has 3 fully saturated rings. The SMILES string of the molecule is O=C(/C=C/c1cnc[nH]1)N1CCC(C2c3ccc(Cl)cc3CCc3cccnc32)CC1.O=C(CCc1cnc[nH]1)N1CCC(C2c3ccc(Cl)cc3CCc3cccnc32)CC1.O=C(CCc1cnc[nH]1)N1CCC(C2c3ccccc3CCc3cccnc32)CC1. The van der Waals surface area contributed by atoms with Crippen LogP contribution in [0.4, 0.5) is 0 Å². The standard InChI is InChI=1S/C25H27ClN4O.C25H25ClN4O.C25H28N4O/c2*26-20-5-7-22-19(14-20)4-3-18-2-1-11-28-25(18)24(22)17-9-12-30(13-10-17)23(31)8-6-21-15-27-16-29-21;30-23(10-9-21-16-26-17-28-21)29-14-11-19(12-15-29)24-22-6-2-1-4-18(22)7-8-20-5-3-13-27-25(20)24/h1-2,5,7,11,14-17,24H,3-4,6,8-10,12-13H2,(H,27,29);1-2,5-8,11,14-17,24H,3-4,9-10,12-13H2,(H,27,29);1-6,13,16-17,19,24H,7-12,14-15H2,(H,26,28)/b;8-6+;. The quantitative estimate of drug-likeness (QED) is 0.106. The smallest absolute Gasteiger partial charge is 0.246 e. The molecular formula is C75H80Cl2N12O3. The van der Waals surface area contributed by atoms with Gasteiger partial charge in [-0.15, -0.1) is 0 Å². The first-order valence-electron chi connectivity index (χ1n) is 33.1. The number of carbonyl (C=O) groups excluding carboxylic acids is 3. The van der Waals surface area contributed by atoms with E-state index in [1.54, 1.807) is 49.7 Å². The summed E-state index contributed by atoms with van der Waals surface area (Å²) in [4.78, 5) is 79.8. The topological polar surface area (TPSA) is 186 Å². The zero-order valence-corrected chi connectivity index (χ0v) is 53.6. The van der Waals surface area contributed by atoms with Crippen molar-refractivity contribution in [3.05, 3.63) is 254 Å². The highest BCUT2D eigenvalue weighted by molar-refractivity contribution is 6.31. The molecule has 15 rings (SSSR count). The van der Waals surface area contributed by atoms with E-state index in [9.17, 15) is 14.4 Å². The lowest BCUT2D eigenvalue weighted by Gasteiger charge is -2.37. The van der Waals surface area contributed by atoms with Crippen LogP contribution in [-0.2, 0) is 65.8 Å². The molecule has 0 spiro atoms. The number of aromatic nitrogens is 9. The second kappa shape index (κ2) is 29.4. The fourth-order valence-electron chi connectivity index (χ4n) is 15.4. The largest absolute Gasteiger partial charge is 0.348 e. The van der Waals surface area contributed by atoms with E-state index >= 15 is 0 Å². The van der Waals surface area contributed by atoms with Crippen LogP contribution in [0.2, 0.25) is 10.0 Å². The van der Waals surface area contributed by atoms with Crippen LogP contribution in [0.1, 0.15) is 153 Å². The second-order valence-corrected chi connectivity index (χ2v) is 26.4. The van der Waals surface area contributed by atoms with Crippen LogP contribution >= 0.6 is 23.2 Å². The van der Waals surface area contributed by atoms with Gasteiger partial charge < -0.3 is 29.7 Å². The average molecular weight is 1270 g/mol. The molecule has 0 bridgehead atoms. The summed E-state index contributed by atoms with van der Waals surface area (Å²) in [6.07, 6.45) is 34.0. The summed E-state index contributed by atoms with van der Waals surface area (Å²) in [5, 5.41) is 1.59. The molecular weight excluding hydrogens is 1190 g/mol. The third-order valence-corrected chi connectivity index (χ3v) is 20.7. The van der Waals surface area contributed by atoms with E-state index in [4.69, 9.17) is 38.2 Å². The van der Waals surface area contributed by atoms with E-state index in [-0.39, 0.29) is 29.6 Å². The zero-order chi connectivity index (χ0) is 62.8. The molecule has 15 nitrogen and oxygen atoms in total. The Kier molecular flexibility index (Phi) is 19.9. The normalized spacial score (nSPS) is 19.0. The van der Waals surface area contributed by atoms with Crippen molar-refractivity contribution in [2.24, 2.45) is 17.8 Å². The van der Waals surface area contributed by atoms with Crippen molar-refractivity contribution in [1.29, 1.82) is 0 Å². The molecule has 3 N–H and O–H groups in total. The van der Waals surface area contributed by atoms with Gasteiger partial charge in [0.2, 0.25) is 17.7 Å². The third-order valence-electron chi connectivity index (χ3n) is 20.2. The summed E-state index contributed by atoms with van der Waals surface area (Å²) in [5.41, 5.74) is 18.9. The van der Waals surface area contributed by atoms with Gasteiger partial charge in [0, 0.05) is 128 Å². The number of H-pyrrole nitrogens is 3. The molecule has 3 aliphatic heterocycles. The van der Waals surface area contributed by atoms with Crippen molar-refractivity contribution in [2.45, 2.75) is 120 Å². The van der Waals surface area contributed by atoms with E-state index in [0.717, 1.165) is 150 Å². The maximum atomic E-state index is 12.7. The van der Waals surface area contributed by atoms with Crippen molar-refractivity contribution >= 4 is 47.0 Å². The van der Waals surface area contributed by atoms with Crippen LogP contribution in [0, 0.1) is 17.8 Å². The van der Waals surface area contributed by atoms with E-state index in [0.29, 0.717) is 42.9 Å². The van der Waals surface area contributed by atoms with Crippen LogP contribution < -0.4 is 0 Å². The lowest BCUT2D eigenvalue weighted by atomic mass is 9.76. The molecule has 6 aliphatic rings. The van der Waals surface area contributed by atoms with Crippen LogP contribution in [-0.4, -0.2) is 117 Å². The van der Waals surface area contributed by atoms with Crippen molar-refractivity contribution < 1.29 is 14.4 Å². The molecule has 3 atom stereocenters. The maximum Gasteiger partial charge on any atom is 0.246 e. The van der Waals surface area contributed by atoms with Gasteiger partial charge in [0.05, 0.1) is 48.0 Å². The highest BCUT2D eigenvalue weighted by atomic mass is 35.5. The Balaban J connectivity index is 0.000000126. The van der Waals surface area contributed by atoms with Crippen LogP contribution in [0.15, 0.2) is 159 Å². The van der Waals surface area contributed by atoms with Crippen molar-refractivity contribution in [2.75, 3.05) is 39.3 Å². The van der Waals surface area contributed by atoms with Crippen LogP contribution in [0.25, 0.3) is 6.08 Å². The summed E-state index contributed by atoms with van der Waals surface area (Å²) < 4.78 is 0. The highest BCUT2D eigenvalue weighted by Crippen LogP contribution is 2.46. The summed E-state index contributed by atoms with van der Waals surface area (Å²) in [6.45, 7) is 4.83. The lowest BCUT2D eigenvalue weighted by Crippen LogP contribution is -2.40. The van der Waals surface area contributed by atoms with E-state index in [1.165, 1.54) is 67.2 Å². The Hall–Kier alpha value is -8.53. The van der Waals surface area contributed by atoms with Crippen LogP contribution in [0.5, 0.6) is 0 Å². The number of halogens is 2. The van der Waals surface area contributed by atoms with Crippen molar-refractivity contribution in [3.63, 3.8) is 0 Å². The van der Waals surface area contributed by atoms with Gasteiger partial charge in [-0.1, -0.05) is 77.8 Å². The predicted molar refractivity (Wildman–Crippen MR) is 359 cm³/mol. The zero-order valence-electron chi connectivity index (χ0n) is 52.1. The molecule has 3 saturated heterocycles. The third kappa shape index (κ3) is 14.5. The number of carbonyl (C=O) groups is 3. The van der Waals surface area contributed by atoms with Gasteiger partial charge in [-0.2, -0.15) is 0 Å². The van der Waals surface area contributed by atoms with Crippen LogP contribution in [0.3, 0.4) is 0 Å². The number of pyridine rings is 3. The number of aryl methyl sites for hydroxylation is 8. The number of imidazole rings is 3. The summed E-state index contributed by atoms with van der Waals surface area (Å²) in [7, 11) is 0. The first-order valence-corrected chi connectivity index (χ1v) is 33.8. The lowest BCUT2D eigenvalue weighted by molar-refractivity contribution is -0.133. The van der Waals surface area contributed by atoms with Crippen molar-refractivity contribution in [1.82, 2.24) is 59.6 Å². The number of amides is 3. The number of hydrogen-bond acceptors (Lipinski definition) is 9. The van der Waals surface area contributed by atoms with E-state index in [2.05, 4.69) is 108 Å². The molecule has 0 radical (unpaired) electrons. The number of fused-ring (bicyclic) bond motifs is 6. The highest BCUT2D eigenvalue weighted by Gasteiger charge is 2.38. The minimum Gasteiger partial charge on any atom is -0.348 e. The fraction of sp³-hybridized carbons (Fsp3) is 0.373. The molecule has 3 unspecified atom stereocenters. The number of piperidine rings is 3. The maximum absolute atomic E-state index is 12.7. The molecule has 3 aliphatic carbocycles. The Morgan fingerprint density at radius 3 is 1.27 bits per heavy atom. The average Bonchev–Trinajstić information content (AvgIpc) is 1.55. The second-order valence-electron chi connectivity index (χ2n) is 25.6. The van der Waals surface area contributed by atoms with Gasteiger partial charge in [-0.3, -0.25) is 29.3 Å². The fourth-order valence-corrected chi connectivity index (χ4v) is 15.8. The molecule has 0 saturated carbocycles.